The molecule has 0 amide bonds. The minimum Gasteiger partial charge on any atom is -0.465 e. The van der Waals surface area contributed by atoms with Gasteiger partial charge >= 0.3 is 5.97 Å². The van der Waals surface area contributed by atoms with Crippen LogP contribution in [0.15, 0.2) is 88.5 Å². The number of carbonyl (C=O) groups is 1. The summed E-state index contributed by atoms with van der Waals surface area (Å²) in [6, 6.07) is 22.6. The van der Waals surface area contributed by atoms with E-state index in [0.717, 1.165) is 22.8 Å². The van der Waals surface area contributed by atoms with Gasteiger partial charge in [0.1, 0.15) is 17.3 Å². The van der Waals surface area contributed by atoms with Gasteiger partial charge in [-0.05, 0) is 55.0 Å². The van der Waals surface area contributed by atoms with Crippen molar-refractivity contribution >= 4 is 29.0 Å². The maximum atomic E-state index is 12.5. The minimum atomic E-state index is -0.475. The summed E-state index contributed by atoms with van der Waals surface area (Å²) in [5, 5.41) is 5.29. The van der Waals surface area contributed by atoms with Crippen LogP contribution in [0.3, 0.4) is 0 Å². The summed E-state index contributed by atoms with van der Waals surface area (Å²) in [7, 11) is 1.35. The standard InChI is InChI=1S/C27H22N4O4/c1-18-25-23(27(32)33-2)15-24(28-16-22-9-6-14-34-22)29-26(25)30-31(18)17-19-10-12-21(13-11-19)35-20-7-4-3-5-8-20/h3-16H,17H2,1-2H3. The fourth-order valence-electron chi connectivity index (χ4n) is 3.71. The second kappa shape index (κ2) is 9.64. The Morgan fingerprint density at radius 3 is 2.54 bits per heavy atom. The number of aryl methyl sites for hydroxylation is 1. The fraction of sp³-hybridized carbons (Fsp3) is 0.111. The normalized spacial score (nSPS) is 11.3. The smallest absolute Gasteiger partial charge is 0.338 e. The Hall–Kier alpha value is -4.72. The van der Waals surface area contributed by atoms with Gasteiger partial charge in [0.2, 0.25) is 0 Å². The number of aliphatic imine (C=N–C) groups is 1. The molecular formula is C27H22N4O4. The number of ether oxygens (including phenoxy) is 2. The van der Waals surface area contributed by atoms with Gasteiger partial charge in [-0.2, -0.15) is 5.10 Å². The van der Waals surface area contributed by atoms with Crippen LogP contribution in [-0.2, 0) is 11.3 Å². The number of esters is 1. The average Bonchev–Trinajstić information content (AvgIpc) is 3.52. The van der Waals surface area contributed by atoms with E-state index in [-0.39, 0.29) is 0 Å². The molecule has 8 nitrogen and oxygen atoms in total. The largest absolute Gasteiger partial charge is 0.465 e. The van der Waals surface area contributed by atoms with Crippen LogP contribution in [0.25, 0.3) is 11.0 Å². The van der Waals surface area contributed by atoms with Crippen molar-refractivity contribution in [3.63, 3.8) is 0 Å². The third-order valence-electron chi connectivity index (χ3n) is 5.46. The Balaban J connectivity index is 1.44. The van der Waals surface area contributed by atoms with Gasteiger partial charge in [-0.1, -0.05) is 30.3 Å². The summed E-state index contributed by atoms with van der Waals surface area (Å²) in [5.74, 6) is 1.96. The predicted molar refractivity (Wildman–Crippen MR) is 132 cm³/mol. The van der Waals surface area contributed by atoms with E-state index < -0.39 is 5.97 Å². The number of furan rings is 1. The van der Waals surface area contributed by atoms with Crippen LogP contribution in [-0.4, -0.2) is 34.1 Å². The van der Waals surface area contributed by atoms with Gasteiger partial charge in [-0.3, -0.25) is 4.68 Å². The predicted octanol–water partition coefficient (Wildman–Crippen LogP) is 5.71. The van der Waals surface area contributed by atoms with E-state index >= 15 is 0 Å². The van der Waals surface area contributed by atoms with Crippen LogP contribution in [0, 0.1) is 6.92 Å². The van der Waals surface area contributed by atoms with Crippen molar-refractivity contribution < 1.29 is 18.7 Å². The van der Waals surface area contributed by atoms with Crippen LogP contribution in [0.5, 0.6) is 11.5 Å². The first-order valence-corrected chi connectivity index (χ1v) is 11.0. The topological polar surface area (TPSA) is 91.7 Å². The molecule has 35 heavy (non-hydrogen) atoms. The molecule has 0 bridgehead atoms. The molecule has 0 aliphatic carbocycles. The molecule has 0 unspecified atom stereocenters. The van der Waals surface area contributed by atoms with Gasteiger partial charge in [0.05, 0.1) is 37.1 Å². The quantitative estimate of drug-likeness (QED) is 0.225. The highest BCUT2D eigenvalue weighted by Crippen LogP contribution is 2.27. The van der Waals surface area contributed by atoms with Crippen LogP contribution in [0.2, 0.25) is 0 Å². The van der Waals surface area contributed by atoms with E-state index in [1.807, 2.05) is 66.2 Å². The van der Waals surface area contributed by atoms with E-state index in [4.69, 9.17) is 13.9 Å². The van der Waals surface area contributed by atoms with Crippen molar-refractivity contribution in [2.75, 3.05) is 7.11 Å². The Bertz CT molecular complexity index is 1490. The van der Waals surface area contributed by atoms with Gasteiger partial charge in [0, 0.05) is 5.69 Å². The van der Waals surface area contributed by atoms with Crippen molar-refractivity contribution in [2.24, 2.45) is 4.99 Å². The number of hydrogen-bond donors (Lipinski definition) is 0. The van der Waals surface area contributed by atoms with Crippen molar-refractivity contribution in [3.05, 3.63) is 102 Å². The summed E-state index contributed by atoms with van der Waals surface area (Å²) in [4.78, 5) is 21.4. The number of aromatic nitrogens is 3. The molecule has 0 atom stereocenters. The van der Waals surface area contributed by atoms with Gasteiger partial charge in [0.25, 0.3) is 0 Å². The number of hydrogen-bond acceptors (Lipinski definition) is 7. The highest BCUT2D eigenvalue weighted by Gasteiger charge is 2.20. The summed E-state index contributed by atoms with van der Waals surface area (Å²) in [5.41, 5.74) is 2.61. The number of methoxy groups -OCH3 is 1. The molecule has 3 heterocycles. The van der Waals surface area contributed by atoms with Gasteiger partial charge < -0.3 is 13.9 Å². The summed E-state index contributed by atoms with van der Waals surface area (Å²) >= 11 is 0. The van der Waals surface area contributed by atoms with Crippen molar-refractivity contribution in [1.82, 2.24) is 14.8 Å². The van der Waals surface area contributed by atoms with Gasteiger partial charge in [-0.15, -0.1) is 0 Å². The molecule has 0 aliphatic heterocycles. The lowest BCUT2D eigenvalue weighted by Crippen LogP contribution is -2.05. The molecular weight excluding hydrogens is 444 g/mol. The first-order valence-electron chi connectivity index (χ1n) is 11.0. The second-order valence-electron chi connectivity index (χ2n) is 7.79. The van der Waals surface area contributed by atoms with Crippen LogP contribution >= 0.6 is 0 Å². The zero-order valence-electron chi connectivity index (χ0n) is 19.2. The van der Waals surface area contributed by atoms with E-state index in [0.29, 0.717) is 34.7 Å². The van der Waals surface area contributed by atoms with E-state index in [9.17, 15) is 4.79 Å². The molecule has 0 radical (unpaired) electrons. The van der Waals surface area contributed by atoms with Gasteiger partial charge in [0.15, 0.2) is 11.5 Å². The van der Waals surface area contributed by atoms with Crippen LogP contribution in [0.1, 0.15) is 27.4 Å². The average molecular weight is 466 g/mol. The summed E-state index contributed by atoms with van der Waals surface area (Å²) in [6.45, 7) is 2.40. The monoisotopic (exact) mass is 466 g/mol. The minimum absolute atomic E-state index is 0.335. The highest BCUT2D eigenvalue weighted by molar-refractivity contribution is 6.04. The maximum Gasteiger partial charge on any atom is 0.338 e. The number of nitrogens with zero attached hydrogens (tertiary/aromatic N) is 4. The maximum absolute atomic E-state index is 12.5. The molecule has 0 saturated carbocycles. The Morgan fingerprint density at radius 1 is 1.06 bits per heavy atom. The first-order chi connectivity index (χ1) is 17.1. The summed E-state index contributed by atoms with van der Waals surface area (Å²) < 4.78 is 18.0. The SMILES string of the molecule is COC(=O)c1cc(N=Cc2ccco2)nc2nn(Cc3ccc(Oc4ccccc4)cc3)c(C)c12. The number of carbonyl (C=O) groups excluding carboxylic acids is 1. The van der Waals surface area contributed by atoms with E-state index in [2.05, 4.69) is 15.1 Å². The summed E-state index contributed by atoms with van der Waals surface area (Å²) in [6.07, 6.45) is 3.10. The zero-order valence-corrected chi connectivity index (χ0v) is 19.2. The lowest BCUT2D eigenvalue weighted by atomic mass is 10.1. The molecule has 3 aromatic heterocycles. The Morgan fingerprint density at radius 2 is 1.83 bits per heavy atom. The molecule has 0 fully saturated rings. The number of rotatable bonds is 7. The highest BCUT2D eigenvalue weighted by atomic mass is 16.5. The molecule has 2 aromatic carbocycles. The van der Waals surface area contributed by atoms with E-state index in [1.54, 1.807) is 24.5 Å². The molecule has 174 valence electrons. The Kier molecular flexibility index (Phi) is 6.09. The zero-order chi connectivity index (χ0) is 24.2. The number of benzene rings is 2. The second-order valence-corrected chi connectivity index (χ2v) is 7.79. The van der Waals surface area contributed by atoms with Crippen molar-refractivity contribution in [3.8, 4) is 11.5 Å². The molecule has 0 spiro atoms. The molecule has 0 N–H and O–H groups in total. The third-order valence-corrected chi connectivity index (χ3v) is 5.46. The first kappa shape index (κ1) is 22.1. The number of para-hydroxylation sites is 1. The molecule has 0 aliphatic rings. The van der Waals surface area contributed by atoms with Gasteiger partial charge in [-0.25, -0.2) is 14.8 Å². The Labute approximate surface area is 201 Å². The van der Waals surface area contributed by atoms with Crippen LogP contribution in [0.4, 0.5) is 5.82 Å². The number of fused-ring (bicyclic) bond motifs is 1. The fourth-order valence-corrected chi connectivity index (χ4v) is 3.71. The molecule has 5 rings (SSSR count). The van der Waals surface area contributed by atoms with E-state index in [1.165, 1.54) is 13.3 Å². The lowest BCUT2D eigenvalue weighted by molar-refractivity contribution is 0.0603. The number of pyridine rings is 1. The molecule has 0 saturated heterocycles. The third kappa shape index (κ3) is 4.81. The lowest BCUT2D eigenvalue weighted by Gasteiger charge is -2.08. The molecule has 8 heteroatoms. The van der Waals surface area contributed by atoms with Crippen molar-refractivity contribution in [2.45, 2.75) is 13.5 Å². The van der Waals surface area contributed by atoms with Crippen molar-refractivity contribution in [1.29, 1.82) is 0 Å². The molecule has 5 aromatic rings. The van der Waals surface area contributed by atoms with Crippen LogP contribution < -0.4 is 4.74 Å².